The molecule has 3 rings (SSSR count). The van der Waals surface area contributed by atoms with Crippen molar-refractivity contribution in [1.29, 1.82) is 0 Å². The van der Waals surface area contributed by atoms with Crippen molar-refractivity contribution in [2.75, 3.05) is 5.32 Å². The number of carbonyl (C=O) groups is 1. The number of carboxylic acids is 1. The molecule has 0 saturated heterocycles. The second-order valence-electron chi connectivity index (χ2n) is 4.87. The number of nitrogens with zero attached hydrogens (tertiary/aromatic N) is 2. The van der Waals surface area contributed by atoms with Gasteiger partial charge in [-0.1, -0.05) is 12.1 Å². The van der Waals surface area contributed by atoms with Crippen LogP contribution in [0.4, 0.5) is 19.0 Å². The summed E-state index contributed by atoms with van der Waals surface area (Å²) in [6.07, 6.45) is -3.42. The summed E-state index contributed by atoms with van der Waals surface area (Å²) in [6, 6.07) is 6.59. The highest BCUT2D eigenvalue weighted by Crippen LogP contribution is 2.30. The Labute approximate surface area is 133 Å². The SMILES string of the molecule is O=C(O)c1ccc(C(F)(F)F)nc1NCc1cccc2ocnc12. The first kappa shape index (κ1) is 15.8. The largest absolute Gasteiger partial charge is 0.478 e. The number of oxazole rings is 1. The van der Waals surface area contributed by atoms with Crippen molar-refractivity contribution in [2.24, 2.45) is 0 Å². The van der Waals surface area contributed by atoms with Crippen molar-refractivity contribution in [2.45, 2.75) is 12.7 Å². The Morgan fingerprint density at radius 1 is 1.25 bits per heavy atom. The first-order valence-corrected chi connectivity index (χ1v) is 6.73. The molecule has 24 heavy (non-hydrogen) atoms. The lowest BCUT2D eigenvalue weighted by atomic mass is 10.1. The average Bonchev–Trinajstić information content (AvgIpc) is 3.00. The molecule has 3 aromatic rings. The van der Waals surface area contributed by atoms with E-state index in [9.17, 15) is 18.0 Å². The van der Waals surface area contributed by atoms with Gasteiger partial charge in [0.1, 0.15) is 22.6 Å². The Morgan fingerprint density at radius 3 is 2.75 bits per heavy atom. The summed E-state index contributed by atoms with van der Waals surface area (Å²) >= 11 is 0. The fourth-order valence-corrected chi connectivity index (χ4v) is 2.19. The molecule has 0 aliphatic carbocycles. The van der Waals surface area contributed by atoms with Crippen molar-refractivity contribution >= 4 is 22.9 Å². The molecule has 0 spiro atoms. The van der Waals surface area contributed by atoms with E-state index in [0.717, 1.165) is 6.07 Å². The van der Waals surface area contributed by atoms with Gasteiger partial charge in [-0.25, -0.2) is 14.8 Å². The standard InChI is InChI=1S/C15H10F3N3O3/c16-15(17,18)11-5-4-9(14(22)23)13(21-11)19-6-8-2-1-3-10-12(8)20-7-24-10/h1-5,7H,6H2,(H,19,21)(H,22,23). The van der Waals surface area contributed by atoms with E-state index < -0.39 is 17.8 Å². The zero-order valence-corrected chi connectivity index (χ0v) is 12.0. The second-order valence-corrected chi connectivity index (χ2v) is 4.87. The van der Waals surface area contributed by atoms with Gasteiger partial charge in [-0.15, -0.1) is 0 Å². The molecule has 0 unspecified atom stereocenters. The van der Waals surface area contributed by atoms with E-state index in [4.69, 9.17) is 9.52 Å². The number of fused-ring (bicyclic) bond motifs is 1. The minimum absolute atomic E-state index is 0.0401. The number of aromatic carboxylic acids is 1. The van der Waals surface area contributed by atoms with E-state index in [1.54, 1.807) is 18.2 Å². The van der Waals surface area contributed by atoms with Crippen LogP contribution in [-0.4, -0.2) is 21.0 Å². The summed E-state index contributed by atoms with van der Waals surface area (Å²) in [4.78, 5) is 18.6. The minimum atomic E-state index is -4.67. The van der Waals surface area contributed by atoms with Gasteiger partial charge in [0.25, 0.3) is 0 Å². The smallest absolute Gasteiger partial charge is 0.433 e. The average molecular weight is 337 g/mol. The lowest BCUT2D eigenvalue weighted by molar-refractivity contribution is -0.141. The van der Waals surface area contributed by atoms with Crippen LogP contribution in [0, 0.1) is 0 Å². The van der Waals surface area contributed by atoms with Crippen molar-refractivity contribution in [3.8, 4) is 0 Å². The summed E-state index contributed by atoms with van der Waals surface area (Å²) in [5.74, 6) is -1.74. The fourth-order valence-electron chi connectivity index (χ4n) is 2.19. The lowest BCUT2D eigenvalue weighted by Gasteiger charge is -2.12. The summed E-state index contributed by atoms with van der Waals surface area (Å²) in [6.45, 7) is 0.0401. The molecule has 0 aliphatic heterocycles. The fraction of sp³-hybridized carbons (Fsp3) is 0.133. The maximum absolute atomic E-state index is 12.8. The third kappa shape index (κ3) is 3.00. The quantitative estimate of drug-likeness (QED) is 0.757. The van der Waals surface area contributed by atoms with Crippen LogP contribution >= 0.6 is 0 Å². The minimum Gasteiger partial charge on any atom is -0.478 e. The number of alkyl halides is 3. The van der Waals surface area contributed by atoms with Crippen molar-refractivity contribution in [3.63, 3.8) is 0 Å². The molecule has 2 aromatic heterocycles. The van der Waals surface area contributed by atoms with Crippen LogP contribution in [0.15, 0.2) is 41.1 Å². The number of halogens is 3. The molecule has 0 bridgehead atoms. The molecule has 0 aliphatic rings. The Balaban J connectivity index is 1.93. The third-order valence-corrected chi connectivity index (χ3v) is 3.31. The highest BCUT2D eigenvalue weighted by atomic mass is 19.4. The topological polar surface area (TPSA) is 88.2 Å². The van der Waals surface area contributed by atoms with Gasteiger partial charge in [0.05, 0.1) is 0 Å². The Kier molecular flexibility index (Phi) is 3.84. The molecule has 0 radical (unpaired) electrons. The van der Waals surface area contributed by atoms with Gasteiger partial charge in [-0.05, 0) is 18.2 Å². The Morgan fingerprint density at radius 2 is 2.04 bits per heavy atom. The number of pyridine rings is 1. The van der Waals surface area contributed by atoms with Crippen LogP contribution in [0.3, 0.4) is 0 Å². The van der Waals surface area contributed by atoms with Crippen LogP contribution < -0.4 is 5.32 Å². The highest BCUT2D eigenvalue weighted by Gasteiger charge is 2.33. The molecule has 0 saturated carbocycles. The maximum Gasteiger partial charge on any atom is 0.433 e. The summed E-state index contributed by atoms with van der Waals surface area (Å²) in [5.41, 5.74) is 0.167. The zero-order valence-electron chi connectivity index (χ0n) is 12.0. The van der Waals surface area contributed by atoms with Crippen LogP contribution in [0.1, 0.15) is 21.6 Å². The van der Waals surface area contributed by atoms with Gasteiger partial charge in [0.15, 0.2) is 12.0 Å². The molecular formula is C15H10F3N3O3. The van der Waals surface area contributed by atoms with E-state index >= 15 is 0 Å². The van der Waals surface area contributed by atoms with Gasteiger partial charge < -0.3 is 14.8 Å². The number of hydrogen-bond donors (Lipinski definition) is 2. The molecule has 6 nitrogen and oxygen atoms in total. The van der Waals surface area contributed by atoms with Crippen molar-refractivity contribution < 1.29 is 27.5 Å². The number of carboxylic acid groups (broad SMARTS) is 1. The molecule has 2 N–H and O–H groups in total. The Hall–Kier alpha value is -3.10. The normalized spacial score (nSPS) is 11.6. The Bertz CT molecular complexity index is 906. The summed E-state index contributed by atoms with van der Waals surface area (Å²) in [5, 5.41) is 11.7. The number of nitrogens with one attached hydrogen (secondary N) is 1. The summed E-state index contributed by atoms with van der Waals surface area (Å²) in [7, 11) is 0. The predicted octanol–water partition coefficient (Wildman–Crippen LogP) is 3.55. The van der Waals surface area contributed by atoms with E-state index in [1.807, 2.05) is 0 Å². The lowest BCUT2D eigenvalue weighted by Crippen LogP contribution is -2.14. The predicted molar refractivity (Wildman–Crippen MR) is 77.5 cm³/mol. The monoisotopic (exact) mass is 337 g/mol. The van der Waals surface area contributed by atoms with E-state index in [2.05, 4.69) is 15.3 Å². The number of benzene rings is 1. The molecule has 2 heterocycles. The third-order valence-electron chi connectivity index (χ3n) is 3.31. The molecule has 1 aromatic carbocycles. The molecular weight excluding hydrogens is 327 g/mol. The van der Waals surface area contributed by atoms with Crippen molar-refractivity contribution in [3.05, 3.63) is 53.5 Å². The first-order chi connectivity index (χ1) is 11.4. The first-order valence-electron chi connectivity index (χ1n) is 6.73. The number of aromatic nitrogens is 2. The molecule has 0 atom stereocenters. The van der Waals surface area contributed by atoms with Crippen molar-refractivity contribution in [1.82, 2.24) is 9.97 Å². The van der Waals surface area contributed by atoms with Crippen LogP contribution in [0.2, 0.25) is 0 Å². The number of anilines is 1. The number of hydrogen-bond acceptors (Lipinski definition) is 5. The number of rotatable bonds is 4. The maximum atomic E-state index is 12.8. The van der Waals surface area contributed by atoms with E-state index in [1.165, 1.54) is 6.39 Å². The van der Waals surface area contributed by atoms with Gasteiger partial charge in [-0.3, -0.25) is 0 Å². The summed E-state index contributed by atoms with van der Waals surface area (Å²) < 4.78 is 43.5. The second kappa shape index (κ2) is 5.84. The zero-order chi connectivity index (χ0) is 17.3. The molecule has 0 amide bonds. The van der Waals surface area contributed by atoms with Gasteiger partial charge in [-0.2, -0.15) is 13.2 Å². The number of para-hydroxylation sites is 1. The molecule has 0 fully saturated rings. The molecule has 9 heteroatoms. The molecule has 124 valence electrons. The van der Waals surface area contributed by atoms with E-state index in [-0.39, 0.29) is 17.9 Å². The van der Waals surface area contributed by atoms with Crippen LogP contribution in [0.5, 0.6) is 0 Å². The van der Waals surface area contributed by atoms with Gasteiger partial charge in [0.2, 0.25) is 0 Å². The van der Waals surface area contributed by atoms with Crippen LogP contribution in [0.25, 0.3) is 11.1 Å². The van der Waals surface area contributed by atoms with Crippen LogP contribution in [-0.2, 0) is 12.7 Å². The highest BCUT2D eigenvalue weighted by molar-refractivity contribution is 5.93. The van der Waals surface area contributed by atoms with Gasteiger partial charge in [0, 0.05) is 12.1 Å². The van der Waals surface area contributed by atoms with Gasteiger partial charge >= 0.3 is 12.1 Å². The van der Waals surface area contributed by atoms with E-state index in [0.29, 0.717) is 22.7 Å².